The number of rotatable bonds is 0. The van der Waals surface area contributed by atoms with Gasteiger partial charge in [0.25, 0.3) is 0 Å². The van der Waals surface area contributed by atoms with Gasteiger partial charge in [-0.15, -0.1) is 0 Å². The summed E-state index contributed by atoms with van der Waals surface area (Å²) in [6, 6.07) is 4.21. The predicted molar refractivity (Wildman–Crippen MR) is 58.4 cm³/mol. The Morgan fingerprint density at radius 1 is 1.50 bits per heavy atom. The molecular weight excluding hydrogens is 209 g/mol. The van der Waals surface area contributed by atoms with Crippen LogP contribution in [0.1, 0.15) is 13.0 Å². The number of ether oxygens (including phenoxy) is 1. The van der Waals surface area contributed by atoms with Crippen LogP contribution in [0.25, 0.3) is 10.9 Å². The van der Waals surface area contributed by atoms with Crippen LogP contribution in [0.4, 0.5) is 4.39 Å². The number of hydrogen-bond acceptors (Lipinski definition) is 2. The highest BCUT2D eigenvalue weighted by atomic mass is 19.1. The van der Waals surface area contributed by atoms with Gasteiger partial charge >= 0.3 is 0 Å². The number of nitrogens with zero attached hydrogens (tertiary/aromatic N) is 1. The standard InChI is InChI=1S/C12H10FNO2/c1-7-6-16-11-5-8(13)4-9-10(15)2-3-14(7)12(9)11/h2-5,7H,6H2,1H3/t7-/m1/s1. The van der Waals surface area contributed by atoms with Crippen molar-refractivity contribution in [1.82, 2.24) is 4.57 Å². The number of aromatic nitrogens is 1. The molecule has 0 saturated heterocycles. The first-order chi connectivity index (χ1) is 7.66. The molecule has 2 heterocycles. The fourth-order valence-corrected chi connectivity index (χ4v) is 2.11. The molecule has 1 aromatic carbocycles. The summed E-state index contributed by atoms with van der Waals surface area (Å²) in [6.07, 6.45) is 1.74. The molecule has 0 N–H and O–H groups in total. The zero-order chi connectivity index (χ0) is 11.3. The lowest BCUT2D eigenvalue weighted by Crippen LogP contribution is -2.22. The summed E-state index contributed by atoms with van der Waals surface area (Å²) < 4.78 is 20.7. The minimum Gasteiger partial charge on any atom is -0.489 e. The summed E-state index contributed by atoms with van der Waals surface area (Å²) in [5, 5.41) is 0.379. The third kappa shape index (κ3) is 1.16. The Morgan fingerprint density at radius 2 is 2.31 bits per heavy atom. The monoisotopic (exact) mass is 219 g/mol. The second kappa shape index (κ2) is 3.07. The van der Waals surface area contributed by atoms with E-state index < -0.39 is 5.82 Å². The highest BCUT2D eigenvalue weighted by molar-refractivity contribution is 5.85. The fraction of sp³-hybridized carbons (Fsp3) is 0.250. The van der Waals surface area contributed by atoms with Crippen LogP contribution < -0.4 is 10.2 Å². The van der Waals surface area contributed by atoms with Crippen LogP contribution in [-0.2, 0) is 0 Å². The van der Waals surface area contributed by atoms with E-state index in [0.717, 1.165) is 0 Å². The van der Waals surface area contributed by atoms with Gasteiger partial charge in [-0.2, -0.15) is 0 Å². The van der Waals surface area contributed by atoms with Crippen molar-refractivity contribution in [2.75, 3.05) is 6.61 Å². The Balaban J connectivity index is 2.53. The molecule has 3 rings (SSSR count). The molecule has 0 aliphatic carbocycles. The van der Waals surface area contributed by atoms with Crippen LogP contribution >= 0.6 is 0 Å². The van der Waals surface area contributed by atoms with E-state index in [4.69, 9.17) is 4.74 Å². The maximum Gasteiger partial charge on any atom is 0.189 e. The van der Waals surface area contributed by atoms with Crippen molar-refractivity contribution in [2.24, 2.45) is 0 Å². The fourth-order valence-electron chi connectivity index (χ4n) is 2.11. The van der Waals surface area contributed by atoms with Gasteiger partial charge in [-0.1, -0.05) is 0 Å². The van der Waals surface area contributed by atoms with Crippen LogP contribution in [0, 0.1) is 5.82 Å². The minimum atomic E-state index is -0.438. The Bertz CT molecular complexity index is 633. The number of halogens is 1. The normalized spacial score (nSPS) is 18.5. The van der Waals surface area contributed by atoms with Crippen LogP contribution in [-0.4, -0.2) is 11.2 Å². The molecule has 4 heteroatoms. The number of hydrogen-bond donors (Lipinski definition) is 0. The SMILES string of the molecule is C[C@@H]1COc2cc(F)cc3c(=O)ccn1c23. The third-order valence-corrected chi connectivity index (χ3v) is 2.90. The van der Waals surface area contributed by atoms with Gasteiger partial charge in [0.2, 0.25) is 0 Å². The van der Waals surface area contributed by atoms with Gasteiger partial charge in [0.1, 0.15) is 18.2 Å². The zero-order valence-corrected chi connectivity index (χ0v) is 8.74. The quantitative estimate of drug-likeness (QED) is 0.679. The highest BCUT2D eigenvalue weighted by Gasteiger charge is 2.19. The summed E-state index contributed by atoms with van der Waals surface area (Å²) in [4.78, 5) is 11.6. The van der Waals surface area contributed by atoms with E-state index in [2.05, 4.69) is 0 Å². The van der Waals surface area contributed by atoms with Crippen LogP contribution in [0.15, 0.2) is 29.2 Å². The highest BCUT2D eigenvalue weighted by Crippen LogP contribution is 2.31. The van der Waals surface area contributed by atoms with E-state index in [1.54, 1.807) is 6.20 Å². The predicted octanol–water partition coefficient (Wildman–Crippen LogP) is 2.09. The van der Waals surface area contributed by atoms with Crippen LogP contribution in [0.3, 0.4) is 0 Å². The second-order valence-corrected chi connectivity index (χ2v) is 4.05. The van der Waals surface area contributed by atoms with Gasteiger partial charge in [-0.3, -0.25) is 4.79 Å². The summed E-state index contributed by atoms with van der Waals surface area (Å²) in [5.74, 6) is 0.0118. The molecule has 2 aromatic rings. The summed E-state index contributed by atoms with van der Waals surface area (Å²) in [6.45, 7) is 2.49. The van der Waals surface area contributed by atoms with E-state index >= 15 is 0 Å². The average Bonchev–Trinajstić information content (AvgIpc) is 2.26. The molecule has 1 aliphatic heterocycles. The summed E-state index contributed by atoms with van der Waals surface area (Å²) in [7, 11) is 0. The molecule has 16 heavy (non-hydrogen) atoms. The first kappa shape index (κ1) is 9.39. The van der Waals surface area contributed by atoms with Crippen molar-refractivity contribution in [1.29, 1.82) is 0 Å². The molecule has 0 bridgehead atoms. The molecule has 0 unspecified atom stereocenters. The van der Waals surface area contributed by atoms with E-state index in [0.29, 0.717) is 23.3 Å². The van der Waals surface area contributed by atoms with Crippen molar-refractivity contribution in [3.05, 3.63) is 40.4 Å². The molecule has 0 radical (unpaired) electrons. The second-order valence-electron chi connectivity index (χ2n) is 4.05. The molecule has 1 aliphatic rings. The van der Waals surface area contributed by atoms with Gasteiger partial charge in [0.05, 0.1) is 16.9 Å². The van der Waals surface area contributed by atoms with E-state index in [1.165, 1.54) is 18.2 Å². The van der Waals surface area contributed by atoms with Gasteiger partial charge in [0, 0.05) is 18.3 Å². The van der Waals surface area contributed by atoms with Crippen molar-refractivity contribution >= 4 is 10.9 Å². The molecule has 0 amide bonds. The maximum absolute atomic E-state index is 13.3. The van der Waals surface area contributed by atoms with Crippen molar-refractivity contribution in [2.45, 2.75) is 13.0 Å². The lowest BCUT2D eigenvalue weighted by atomic mass is 10.1. The Labute approximate surface area is 91.1 Å². The Hall–Kier alpha value is -1.84. The molecule has 0 saturated carbocycles. The zero-order valence-electron chi connectivity index (χ0n) is 8.74. The topological polar surface area (TPSA) is 31.2 Å². The molecule has 1 atom stereocenters. The third-order valence-electron chi connectivity index (χ3n) is 2.90. The Morgan fingerprint density at radius 3 is 3.12 bits per heavy atom. The van der Waals surface area contributed by atoms with E-state index in [-0.39, 0.29) is 11.5 Å². The molecule has 82 valence electrons. The van der Waals surface area contributed by atoms with Gasteiger partial charge < -0.3 is 9.30 Å². The van der Waals surface area contributed by atoms with Gasteiger partial charge in [-0.05, 0) is 13.0 Å². The molecular formula is C12H10FNO2. The largest absolute Gasteiger partial charge is 0.489 e. The van der Waals surface area contributed by atoms with E-state index in [1.807, 2.05) is 11.5 Å². The maximum atomic E-state index is 13.3. The van der Waals surface area contributed by atoms with Crippen LogP contribution in [0.2, 0.25) is 0 Å². The Kier molecular flexibility index (Phi) is 1.80. The first-order valence-electron chi connectivity index (χ1n) is 5.14. The molecule has 0 spiro atoms. The first-order valence-corrected chi connectivity index (χ1v) is 5.14. The molecule has 0 fully saturated rings. The van der Waals surface area contributed by atoms with Crippen LogP contribution in [0.5, 0.6) is 5.75 Å². The number of benzene rings is 1. The lowest BCUT2D eigenvalue weighted by molar-refractivity contribution is 0.246. The lowest BCUT2D eigenvalue weighted by Gasteiger charge is -2.26. The van der Waals surface area contributed by atoms with Crippen molar-refractivity contribution in [3.63, 3.8) is 0 Å². The minimum absolute atomic E-state index is 0.154. The smallest absolute Gasteiger partial charge is 0.189 e. The van der Waals surface area contributed by atoms with Gasteiger partial charge in [0.15, 0.2) is 5.43 Å². The van der Waals surface area contributed by atoms with Crippen molar-refractivity contribution < 1.29 is 9.13 Å². The van der Waals surface area contributed by atoms with Gasteiger partial charge in [-0.25, -0.2) is 4.39 Å². The summed E-state index contributed by atoms with van der Waals surface area (Å²) >= 11 is 0. The molecule has 1 aromatic heterocycles. The molecule has 3 nitrogen and oxygen atoms in total. The van der Waals surface area contributed by atoms with Crippen molar-refractivity contribution in [3.8, 4) is 5.75 Å². The number of pyridine rings is 1. The summed E-state index contributed by atoms with van der Waals surface area (Å²) in [5.41, 5.74) is 0.511. The average molecular weight is 219 g/mol. The van der Waals surface area contributed by atoms with E-state index in [9.17, 15) is 9.18 Å².